The third-order valence-electron chi connectivity index (χ3n) is 5.35. The number of nitro benzene ring substituents is 2. The number of aromatic nitrogens is 4. The summed E-state index contributed by atoms with van der Waals surface area (Å²) < 4.78 is 58.5. The van der Waals surface area contributed by atoms with Gasteiger partial charge in [-0.3, -0.25) is 29.8 Å². The Kier molecular flexibility index (Phi) is 8.63. The van der Waals surface area contributed by atoms with Crippen molar-refractivity contribution in [1.29, 1.82) is 0 Å². The molecule has 0 unspecified atom stereocenters. The number of nitrogens with zero attached hydrogens (tertiary/aromatic N) is 5. The average molecular weight is 662 g/mol. The number of aromatic amines is 2. The normalized spacial score (nSPS) is 11.5. The first-order chi connectivity index (χ1) is 20.1. The highest BCUT2D eigenvalue weighted by molar-refractivity contribution is 7.91. The summed E-state index contributed by atoms with van der Waals surface area (Å²) in [5, 5.41) is 21.2. The highest BCUT2D eigenvalue weighted by Crippen LogP contribution is 2.29. The van der Waals surface area contributed by atoms with Crippen LogP contribution in [0.25, 0.3) is 21.8 Å². The zero-order chi connectivity index (χ0) is 33.5. The van der Waals surface area contributed by atoms with Gasteiger partial charge in [-0.15, -0.1) is 0 Å². The van der Waals surface area contributed by atoms with Gasteiger partial charge in [0, 0.05) is 26.2 Å². The van der Waals surface area contributed by atoms with Crippen LogP contribution in [0.5, 0.6) is 0 Å². The number of halogens is 1. The van der Waals surface area contributed by atoms with E-state index in [0.717, 1.165) is 12.3 Å². The van der Waals surface area contributed by atoms with Crippen LogP contribution >= 0.6 is 0 Å². The molecule has 4 rings (SSSR count). The second kappa shape index (κ2) is 11.6. The molecule has 4 N–H and O–H groups in total. The van der Waals surface area contributed by atoms with Crippen LogP contribution in [0.1, 0.15) is 0 Å². The van der Waals surface area contributed by atoms with Gasteiger partial charge in [-0.05, 0) is 12.1 Å². The van der Waals surface area contributed by atoms with Crippen LogP contribution in [0.4, 0.5) is 21.5 Å². The van der Waals surface area contributed by atoms with Crippen molar-refractivity contribution in [2.24, 2.45) is 0 Å². The largest absolute Gasteiger partial charge is 0.372 e. The van der Waals surface area contributed by atoms with Crippen molar-refractivity contribution in [3.8, 4) is 0 Å². The van der Waals surface area contributed by atoms with E-state index in [-0.39, 0.29) is 32.5 Å². The van der Waals surface area contributed by atoms with Crippen molar-refractivity contribution >= 4 is 58.9 Å². The van der Waals surface area contributed by atoms with Gasteiger partial charge in [0.15, 0.2) is 0 Å². The Balaban J connectivity index is 0.000000241. The molecule has 0 aliphatic heterocycles. The Labute approximate surface area is 242 Å². The highest BCUT2D eigenvalue weighted by Gasteiger charge is 2.21. The van der Waals surface area contributed by atoms with Crippen molar-refractivity contribution < 1.29 is 31.1 Å². The summed E-state index contributed by atoms with van der Waals surface area (Å²) in [4.78, 5) is 76.9. The average Bonchev–Trinajstić information content (AvgIpc) is 2.87. The minimum absolute atomic E-state index is 0.0659. The molecule has 2 heterocycles. The van der Waals surface area contributed by atoms with Gasteiger partial charge in [0.25, 0.3) is 16.8 Å². The monoisotopic (exact) mass is 661 g/mol. The third kappa shape index (κ3) is 7.04. The summed E-state index contributed by atoms with van der Waals surface area (Å²) >= 11 is 0. The molecule has 24 heteroatoms. The Bertz CT molecular complexity index is 2330. The second-order valence-corrected chi connectivity index (χ2v) is 12.5. The van der Waals surface area contributed by atoms with Gasteiger partial charge >= 0.3 is 17.1 Å². The molecule has 0 spiro atoms. The number of sulfonamides is 2. The number of hydrogen-bond acceptors (Lipinski definition) is 13. The molecule has 0 aliphatic carbocycles. The SMILES string of the molecule is CN(C)c1cc2c(=O)n(NS(C)(=O)=O)c(=O)[nH]c2cc1[N+](=O)[O-].CS(=O)(=O)Nn1c(=O)[nH]c2cc([N+](=O)[O-])c(F)cc2c1=O. The lowest BCUT2D eigenvalue weighted by molar-refractivity contribution is -0.387. The van der Waals surface area contributed by atoms with E-state index in [1.807, 2.05) is 0 Å². The Morgan fingerprint density at radius 1 is 0.750 bits per heavy atom. The van der Waals surface area contributed by atoms with E-state index in [2.05, 4.69) is 9.97 Å². The maximum Gasteiger partial charge on any atom is 0.348 e. The van der Waals surface area contributed by atoms with Crippen LogP contribution < -0.4 is 37.1 Å². The lowest BCUT2D eigenvalue weighted by Crippen LogP contribution is -2.43. The topological polar surface area (TPSA) is 292 Å². The van der Waals surface area contributed by atoms with Crippen LogP contribution in [-0.2, 0) is 20.0 Å². The smallest absolute Gasteiger partial charge is 0.348 e. The molecule has 0 fully saturated rings. The molecular weight excluding hydrogens is 641 g/mol. The van der Waals surface area contributed by atoms with Gasteiger partial charge in [0.2, 0.25) is 25.9 Å². The number of fused-ring (bicyclic) bond motifs is 2. The Morgan fingerprint density at radius 2 is 1.14 bits per heavy atom. The standard InChI is InChI=1S/C11H13N5O6S.C9H7FN4O6S/c1-14(2)8-4-6-7(5-9(8)16(19)20)12-11(18)15(10(6)17)13-23(3,21)22;1-21(19,20)12-13-8(15)4-2-5(10)7(14(17)18)3-6(4)11-9(13)16/h4-5,13H,1-3H3,(H,12,18);2-3,12H,1H3,(H,11,16). The van der Waals surface area contributed by atoms with Gasteiger partial charge in [0.05, 0.1) is 44.2 Å². The number of hydrogen-bond donors (Lipinski definition) is 4. The number of benzene rings is 2. The van der Waals surface area contributed by atoms with Gasteiger partial charge < -0.3 is 14.9 Å². The van der Waals surface area contributed by atoms with Crippen LogP contribution in [-0.4, -0.2) is 72.6 Å². The zero-order valence-electron chi connectivity index (χ0n) is 22.6. The minimum Gasteiger partial charge on any atom is -0.372 e. The summed E-state index contributed by atoms with van der Waals surface area (Å²) in [5.41, 5.74) is -5.76. The predicted octanol–water partition coefficient (Wildman–Crippen LogP) is -1.59. The molecule has 0 aliphatic rings. The van der Waals surface area contributed by atoms with Crippen LogP contribution in [0.2, 0.25) is 0 Å². The van der Waals surface area contributed by atoms with Crippen LogP contribution in [0.15, 0.2) is 43.4 Å². The molecule has 0 saturated heterocycles. The van der Waals surface area contributed by atoms with E-state index < -0.39 is 69.3 Å². The molecule has 44 heavy (non-hydrogen) atoms. The fraction of sp³-hybridized carbons (Fsp3) is 0.200. The van der Waals surface area contributed by atoms with Gasteiger partial charge in [0.1, 0.15) is 5.69 Å². The molecule has 0 atom stereocenters. The quantitative estimate of drug-likeness (QED) is 0.128. The molecule has 2 aromatic heterocycles. The molecule has 236 valence electrons. The Morgan fingerprint density at radius 3 is 1.50 bits per heavy atom. The van der Waals surface area contributed by atoms with Crippen molar-refractivity contribution in [3.63, 3.8) is 0 Å². The van der Waals surface area contributed by atoms with E-state index in [1.165, 1.54) is 11.0 Å². The first-order valence-electron chi connectivity index (χ1n) is 11.3. The van der Waals surface area contributed by atoms with Crippen LogP contribution in [0, 0.1) is 26.0 Å². The summed E-state index contributed by atoms with van der Waals surface area (Å²) in [5.74, 6) is -1.29. The van der Waals surface area contributed by atoms with Gasteiger partial charge in [-0.1, -0.05) is 0 Å². The van der Waals surface area contributed by atoms with Gasteiger partial charge in [-0.2, -0.15) is 13.7 Å². The third-order valence-corrected chi connectivity index (χ3v) is 6.38. The summed E-state index contributed by atoms with van der Waals surface area (Å²) in [7, 11) is -4.70. The summed E-state index contributed by atoms with van der Waals surface area (Å²) in [6.45, 7) is 0. The first kappa shape index (κ1) is 32.9. The van der Waals surface area contributed by atoms with E-state index >= 15 is 0 Å². The Hall–Kier alpha value is -5.65. The number of nitro groups is 2. The maximum atomic E-state index is 13.5. The molecule has 0 amide bonds. The van der Waals surface area contributed by atoms with E-state index in [0.29, 0.717) is 23.1 Å². The van der Waals surface area contributed by atoms with Crippen molar-refractivity contribution in [2.75, 3.05) is 41.2 Å². The molecule has 0 radical (unpaired) electrons. The molecule has 0 bridgehead atoms. The number of anilines is 1. The second-order valence-electron chi connectivity index (χ2n) is 9.01. The molecule has 4 aromatic rings. The molecule has 2 aromatic carbocycles. The lowest BCUT2D eigenvalue weighted by Gasteiger charge is -2.14. The number of H-pyrrole nitrogens is 2. The number of rotatable bonds is 7. The maximum absolute atomic E-state index is 13.5. The van der Waals surface area contributed by atoms with Crippen molar-refractivity contribution in [1.82, 2.24) is 19.3 Å². The minimum atomic E-state index is -3.93. The van der Waals surface area contributed by atoms with E-state index in [1.54, 1.807) is 23.8 Å². The molecule has 0 saturated carbocycles. The van der Waals surface area contributed by atoms with Crippen LogP contribution in [0.3, 0.4) is 0 Å². The molecular formula is C20H20FN9O12S2. The first-order valence-corrected chi connectivity index (χ1v) is 15.1. The fourth-order valence-electron chi connectivity index (χ4n) is 3.61. The van der Waals surface area contributed by atoms with E-state index in [4.69, 9.17) is 0 Å². The van der Waals surface area contributed by atoms with Crippen molar-refractivity contribution in [3.05, 3.63) is 92.0 Å². The fourth-order valence-corrected chi connectivity index (χ4v) is 4.60. The van der Waals surface area contributed by atoms with E-state index in [9.17, 15) is 60.6 Å². The number of nitrogens with one attached hydrogen (secondary N) is 4. The highest BCUT2D eigenvalue weighted by atomic mass is 32.2. The lowest BCUT2D eigenvalue weighted by atomic mass is 10.2. The summed E-state index contributed by atoms with van der Waals surface area (Å²) in [6, 6.07) is 3.49. The van der Waals surface area contributed by atoms with Crippen molar-refractivity contribution in [2.45, 2.75) is 0 Å². The van der Waals surface area contributed by atoms with Gasteiger partial charge in [-0.25, -0.2) is 36.1 Å². The summed E-state index contributed by atoms with van der Waals surface area (Å²) in [6.07, 6.45) is 1.49. The zero-order valence-corrected chi connectivity index (χ0v) is 24.3. The molecule has 21 nitrogen and oxygen atoms in total. The predicted molar refractivity (Wildman–Crippen MR) is 154 cm³/mol.